The van der Waals surface area contributed by atoms with Crippen LogP contribution in [0.4, 0.5) is 8.78 Å². The SMILES string of the molecule is CCOc1cccc(C(C)CF)c1F. The van der Waals surface area contributed by atoms with E-state index < -0.39 is 18.4 Å². The maximum Gasteiger partial charge on any atom is 0.168 e. The van der Waals surface area contributed by atoms with Crippen LogP contribution >= 0.6 is 0 Å². The van der Waals surface area contributed by atoms with E-state index in [1.165, 1.54) is 0 Å². The van der Waals surface area contributed by atoms with Crippen LogP contribution in [0, 0.1) is 5.82 Å². The number of benzene rings is 1. The minimum absolute atomic E-state index is 0.199. The molecule has 0 radical (unpaired) electrons. The average Bonchev–Trinajstić information content (AvgIpc) is 2.20. The molecule has 1 aromatic rings. The van der Waals surface area contributed by atoms with E-state index in [1.807, 2.05) is 0 Å². The zero-order chi connectivity index (χ0) is 10.6. The van der Waals surface area contributed by atoms with E-state index >= 15 is 0 Å². The van der Waals surface area contributed by atoms with Gasteiger partial charge in [0, 0.05) is 5.92 Å². The molecule has 0 spiro atoms. The second-order valence-electron chi connectivity index (χ2n) is 3.15. The molecule has 0 N–H and O–H groups in total. The molecule has 0 bridgehead atoms. The summed E-state index contributed by atoms with van der Waals surface area (Å²) < 4.78 is 31.0. The summed E-state index contributed by atoms with van der Waals surface area (Å²) in [5.41, 5.74) is 0.374. The summed E-state index contributed by atoms with van der Waals surface area (Å²) >= 11 is 0. The van der Waals surface area contributed by atoms with Gasteiger partial charge in [0.1, 0.15) is 0 Å². The molecule has 0 aliphatic rings. The second-order valence-corrected chi connectivity index (χ2v) is 3.15. The Morgan fingerprint density at radius 1 is 1.43 bits per heavy atom. The van der Waals surface area contributed by atoms with Crippen molar-refractivity contribution in [3.8, 4) is 5.75 Å². The number of rotatable bonds is 4. The molecule has 1 nitrogen and oxygen atoms in total. The van der Waals surface area contributed by atoms with Gasteiger partial charge in [-0.2, -0.15) is 0 Å². The molecule has 1 rings (SSSR count). The summed E-state index contributed by atoms with van der Waals surface area (Å²) in [6.07, 6.45) is 0. The average molecular weight is 200 g/mol. The molecule has 0 heterocycles. The van der Waals surface area contributed by atoms with Crippen LogP contribution in [0.15, 0.2) is 18.2 Å². The lowest BCUT2D eigenvalue weighted by molar-refractivity contribution is 0.318. The van der Waals surface area contributed by atoms with Crippen LogP contribution in [0.5, 0.6) is 5.75 Å². The second kappa shape index (κ2) is 4.94. The summed E-state index contributed by atoms with van der Waals surface area (Å²) in [7, 11) is 0. The van der Waals surface area contributed by atoms with E-state index in [0.29, 0.717) is 12.2 Å². The number of halogens is 2. The Balaban J connectivity index is 3.00. The zero-order valence-electron chi connectivity index (χ0n) is 8.39. The van der Waals surface area contributed by atoms with Gasteiger partial charge >= 0.3 is 0 Å². The van der Waals surface area contributed by atoms with Gasteiger partial charge in [0.05, 0.1) is 13.3 Å². The van der Waals surface area contributed by atoms with Gasteiger partial charge in [0.2, 0.25) is 0 Å². The predicted octanol–water partition coefficient (Wildman–Crippen LogP) is 3.30. The highest BCUT2D eigenvalue weighted by Gasteiger charge is 2.14. The van der Waals surface area contributed by atoms with Crippen LogP contribution in [0.25, 0.3) is 0 Å². The molecule has 0 aromatic heterocycles. The predicted molar refractivity (Wildman–Crippen MR) is 52.0 cm³/mol. The van der Waals surface area contributed by atoms with Crippen molar-refractivity contribution in [3.05, 3.63) is 29.6 Å². The highest BCUT2D eigenvalue weighted by atomic mass is 19.1. The molecular weight excluding hydrogens is 186 g/mol. The first-order valence-corrected chi connectivity index (χ1v) is 4.67. The van der Waals surface area contributed by atoms with Crippen molar-refractivity contribution in [2.24, 2.45) is 0 Å². The molecule has 0 saturated carbocycles. The van der Waals surface area contributed by atoms with Crippen molar-refractivity contribution in [1.29, 1.82) is 0 Å². The fourth-order valence-corrected chi connectivity index (χ4v) is 1.26. The Morgan fingerprint density at radius 2 is 2.14 bits per heavy atom. The third kappa shape index (κ3) is 2.22. The minimum atomic E-state index is -0.563. The third-order valence-electron chi connectivity index (χ3n) is 2.06. The smallest absolute Gasteiger partial charge is 0.168 e. The fourth-order valence-electron chi connectivity index (χ4n) is 1.26. The van der Waals surface area contributed by atoms with Crippen molar-refractivity contribution in [2.45, 2.75) is 19.8 Å². The Morgan fingerprint density at radius 3 is 2.71 bits per heavy atom. The monoisotopic (exact) mass is 200 g/mol. The largest absolute Gasteiger partial charge is 0.491 e. The van der Waals surface area contributed by atoms with Crippen LogP contribution in [0.2, 0.25) is 0 Å². The molecule has 1 atom stereocenters. The third-order valence-corrected chi connectivity index (χ3v) is 2.06. The highest BCUT2D eigenvalue weighted by Crippen LogP contribution is 2.26. The van der Waals surface area contributed by atoms with E-state index in [4.69, 9.17) is 4.74 Å². The standard InChI is InChI=1S/C11H14F2O/c1-3-14-10-6-4-5-9(11(10)13)8(2)7-12/h4-6,8H,3,7H2,1-2H3. The van der Waals surface area contributed by atoms with Crippen molar-refractivity contribution in [2.75, 3.05) is 13.3 Å². The van der Waals surface area contributed by atoms with Crippen LogP contribution in [-0.2, 0) is 0 Å². The molecule has 78 valence electrons. The number of alkyl halides is 1. The maximum atomic E-state index is 13.6. The van der Waals surface area contributed by atoms with E-state index in [0.717, 1.165) is 0 Å². The normalized spacial score (nSPS) is 12.6. The first-order valence-electron chi connectivity index (χ1n) is 4.67. The van der Waals surface area contributed by atoms with Crippen molar-refractivity contribution < 1.29 is 13.5 Å². The Hall–Kier alpha value is -1.12. The van der Waals surface area contributed by atoms with Crippen LogP contribution < -0.4 is 4.74 Å². The lowest BCUT2D eigenvalue weighted by Crippen LogP contribution is -2.02. The summed E-state index contributed by atoms with van der Waals surface area (Å²) in [6.45, 7) is 3.27. The lowest BCUT2D eigenvalue weighted by Gasteiger charge is -2.11. The minimum Gasteiger partial charge on any atom is -0.491 e. The van der Waals surface area contributed by atoms with Crippen LogP contribution in [-0.4, -0.2) is 13.3 Å². The molecule has 14 heavy (non-hydrogen) atoms. The summed E-state index contributed by atoms with van der Waals surface area (Å²) in [5.74, 6) is -0.666. The quantitative estimate of drug-likeness (QED) is 0.724. The molecule has 1 unspecified atom stereocenters. The maximum absolute atomic E-state index is 13.6. The molecular formula is C11H14F2O. The van der Waals surface area contributed by atoms with E-state index in [2.05, 4.69) is 0 Å². The van der Waals surface area contributed by atoms with E-state index in [9.17, 15) is 8.78 Å². The molecule has 0 aliphatic carbocycles. The van der Waals surface area contributed by atoms with Crippen LogP contribution in [0.1, 0.15) is 25.3 Å². The molecule has 0 fully saturated rings. The number of ether oxygens (including phenoxy) is 1. The Labute approximate surface area is 82.7 Å². The van der Waals surface area contributed by atoms with Crippen molar-refractivity contribution in [1.82, 2.24) is 0 Å². The molecule has 1 aromatic carbocycles. The van der Waals surface area contributed by atoms with Gasteiger partial charge in [-0.05, 0) is 18.6 Å². The van der Waals surface area contributed by atoms with Gasteiger partial charge in [-0.15, -0.1) is 0 Å². The summed E-state index contributed by atoms with van der Waals surface area (Å²) in [4.78, 5) is 0. The molecule has 3 heteroatoms. The topological polar surface area (TPSA) is 9.23 Å². The highest BCUT2D eigenvalue weighted by molar-refractivity contribution is 5.33. The fraction of sp³-hybridized carbons (Fsp3) is 0.455. The number of hydrogen-bond donors (Lipinski definition) is 0. The zero-order valence-corrected chi connectivity index (χ0v) is 8.39. The van der Waals surface area contributed by atoms with Gasteiger partial charge in [0.15, 0.2) is 11.6 Å². The van der Waals surface area contributed by atoms with Gasteiger partial charge in [-0.25, -0.2) is 4.39 Å². The van der Waals surface area contributed by atoms with E-state index in [1.54, 1.807) is 32.0 Å². The van der Waals surface area contributed by atoms with Gasteiger partial charge in [0.25, 0.3) is 0 Å². The molecule has 0 saturated heterocycles. The first kappa shape index (κ1) is 11.0. The first-order chi connectivity index (χ1) is 6.70. The van der Waals surface area contributed by atoms with E-state index in [-0.39, 0.29) is 5.75 Å². The van der Waals surface area contributed by atoms with Crippen molar-refractivity contribution >= 4 is 0 Å². The molecule has 0 amide bonds. The van der Waals surface area contributed by atoms with Gasteiger partial charge in [-0.3, -0.25) is 4.39 Å². The Kier molecular flexibility index (Phi) is 3.86. The number of hydrogen-bond acceptors (Lipinski definition) is 1. The van der Waals surface area contributed by atoms with Crippen molar-refractivity contribution in [3.63, 3.8) is 0 Å². The van der Waals surface area contributed by atoms with Gasteiger partial charge < -0.3 is 4.74 Å². The summed E-state index contributed by atoms with van der Waals surface area (Å²) in [5, 5.41) is 0. The van der Waals surface area contributed by atoms with Crippen LogP contribution in [0.3, 0.4) is 0 Å². The van der Waals surface area contributed by atoms with Gasteiger partial charge in [-0.1, -0.05) is 19.1 Å². The summed E-state index contributed by atoms with van der Waals surface area (Å²) in [6, 6.07) is 4.81. The Bertz CT molecular complexity index is 299. The lowest BCUT2D eigenvalue weighted by atomic mass is 10.0. The molecule has 0 aliphatic heterocycles.